The van der Waals surface area contributed by atoms with Gasteiger partial charge < -0.3 is 5.32 Å². The van der Waals surface area contributed by atoms with E-state index in [0.717, 1.165) is 48.2 Å². The highest BCUT2D eigenvalue weighted by atomic mass is 32.1. The Balaban J connectivity index is 1.10. The number of Topliss-reactive ketones (excluding diaryl/α,β-unsaturated/α-hetero) is 1. The SMILES string of the molecule is O=C(NC1CCc2sccc2C1=O)C1CCC(n2cc(CN3CCC(F)(F)CC3)nn2)CC1. The van der Waals surface area contributed by atoms with Gasteiger partial charge in [0.05, 0.1) is 24.0 Å². The lowest BCUT2D eigenvalue weighted by atomic mass is 9.84. The molecule has 0 aromatic carbocycles. The number of hydrogen-bond donors (Lipinski definition) is 1. The van der Waals surface area contributed by atoms with E-state index < -0.39 is 12.0 Å². The van der Waals surface area contributed by atoms with Crippen molar-refractivity contribution in [2.24, 2.45) is 5.92 Å². The number of nitrogens with one attached hydrogen (secondary N) is 1. The zero-order valence-corrected chi connectivity index (χ0v) is 19.3. The predicted molar refractivity (Wildman–Crippen MR) is 119 cm³/mol. The Bertz CT molecular complexity index is 1000. The van der Waals surface area contributed by atoms with E-state index in [0.29, 0.717) is 26.1 Å². The highest BCUT2D eigenvalue weighted by molar-refractivity contribution is 7.10. The molecule has 5 rings (SSSR count). The fourth-order valence-corrected chi connectivity index (χ4v) is 6.11. The number of alkyl halides is 2. The zero-order valence-electron chi connectivity index (χ0n) is 18.5. The number of likely N-dealkylation sites (tertiary alicyclic amines) is 1. The zero-order chi connectivity index (χ0) is 23.0. The van der Waals surface area contributed by atoms with E-state index in [2.05, 4.69) is 15.6 Å². The molecule has 1 amide bonds. The molecule has 1 atom stereocenters. The molecule has 3 heterocycles. The molecule has 1 saturated heterocycles. The molecule has 3 aliphatic rings. The largest absolute Gasteiger partial charge is 0.346 e. The maximum absolute atomic E-state index is 13.3. The van der Waals surface area contributed by atoms with E-state index in [1.165, 1.54) is 0 Å². The Morgan fingerprint density at radius 1 is 1.18 bits per heavy atom. The molecule has 33 heavy (non-hydrogen) atoms. The molecule has 2 fully saturated rings. The Kier molecular flexibility index (Phi) is 6.30. The minimum Gasteiger partial charge on any atom is -0.346 e. The first-order chi connectivity index (χ1) is 15.9. The summed E-state index contributed by atoms with van der Waals surface area (Å²) in [6.07, 6.45) is 6.36. The summed E-state index contributed by atoms with van der Waals surface area (Å²) < 4.78 is 28.6. The summed E-state index contributed by atoms with van der Waals surface area (Å²) >= 11 is 1.61. The van der Waals surface area contributed by atoms with Crippen LogP contribution in [0.1, 0.15) is 71.9 Å². The number of carbonyl (C=O) groups is 2. The first-order valence-electron chi connectivity index (χ1n) is 11.8. The second-order valence-electron chi connectivity index (χ2n) is 9.55. The standard InChI is InChI=1S/C23H29F2N5O2S/c24-23(25)8-10-29(11-9-23)13-16-14-30(28-27-16)17-3-1-15(2-4-17)22(32)26-19-5-6-20-18(21(19)31)7-12-33-20/h7,12,14-15,17,19H,1-6,8-11,13H2,(H,26,32). The number of aryl methyl sites for hydroxylation is 1. The lowest BCUT2D eigenvalue weighted by Gasteiger charge is -2.31. The summed E-state index contributed by atoms with van der Waals surface area (Å²) in [7, 11) is 0. The fourth-order valence-electron chi connectivity index (χ4n) is 5.21. The summed E-state index contributed by atoms with van der Waals surface area (Å²) in [6, 6.07) is 1.63. The number of rotatable bonds is 5. The first kappa shape index (κ1) is 22.6. The third-order valence-corrected chi connectivity index (χ3v) is 8.26. The topological polar surface area (TPSA) is 80.1 Å². The van der Waals surface area contributed by atoms with Crippen LogP contribution in [0.25, 0.3) is 0 Å². The predicted octanol–water partition coefficient (Wildman–Crippen LogP) is 3.62. The van der Waals surface area contributed by atoms with Gasteiger partial charge in [0.1, 0.15) is 0 Å². The minimum absolute atomic E-state index is 0.0216. The van der Waals surface area contributed by atoms with Crippen LogP contribution >= 0.6 is 11.3 Å². The van der Waals surface area contributed by atoms with Crippen molar-refractivity contribution in [1.82, 2.24) is 25.2 Å². The molecule has 7 nitrogen and oxygen atoms in total. The van der Waals surface area contributed by atoms with Gasteiger partial charge in [-0.2, -0.15) is 0 Å². The van der Waals surface area contributed by atoms with E-state index in [4.69, 9.17) is 0 Å². The molecule has 1 aliphatic heterocycles. The number of ketones is 1. The van der Waals surface area contributed by atoms with E-state index in [1.807, 2.05) is 27.2 Å². The summed E-state index contributed by atoms with van der Waals surface area (Å²) in [4.78, 5) is 28.6. The molecule has 2 aromatic rings. The van der Waals surface area contributed by atoms with Crippen LogP contribution in [0.4, 0.5) is 8.78 Å². The maximum atomic E-state index is 13.3. The van der Waals surface area contributed by atoms with Crippen molar-refractivity contribution in [1.29, 1.82) is 0 Å². The maximum Gasteiger partial charge on any atom is 0.250 e. The lowest BCUT2D eigenvalue weighted by Crippen LogP contribution is -2.46. The second kappa shape index (κ2) is 9.21. The van der Waals surface area contributed by atoms with Crippen LogP contribution in [0.5, 0.6) is 0 Å². The van der Waals surface area contributed by atoms with Gasteiger partial charge in [-0.05, 0) is 50.0 Å². The average Bonchev–Trinajstić information content (AvgIpc) is 3.47. The molecule has 1 N–H and O–H groups in total. The number of amides is 1. The van der Waals surface area contributed by atoms with E-state index in [9.17, 15) is 18.4 Å². The molecule has 2 aliphatic carbocycles. The Morgan fingerprint density at radius 2 is 1.94 bits per heavy atom. The molecule has 178 valence electrons. The number of nitrogens with zero attached hydrogens (tertiary/aromatic N) is 4. The number of carbonyl (C=O) groups excluding carboxylic acids is 2. The minimum atomic E-state index is -2.55. The van der Waals surface area contributed by atoms with Crippen LogP contribution in [0.3, 0.4) is 0 Å². The van der Waals surface area contributed by atoms with E-state index >= 15 is 0 Å². The van der Waals surface area contributed by atoms with E-state index in [-0.39, 0.29) is 36.5 Å². The number of hydrogen-bond acceptors (Lipinski definition) is 6. The van der Waals surface area contributed by atoms with Gasteiger partial charge in [0.2, 0.25) is 5.91 Å². The van der Waals surface area contributed by atoms with Gasteiger partial charge in [-0.3, -0.25) is 14.5 Å². The molecule has 0 bridgehead atoms. The smallest absolute Gasteiger partial charge is 0.250 e. The third kappa shape index (κ3) is 5.01. The van der Waals surface area contributed by atoms with Gasteiger partial charge in [0, 0.05) is 48.8 Å². The van der Waals surface area contributed by atoms with Crippen molar-refractivity contribution in [3.8, 4) is 0 Å². The number of fused-ring (bicyclic) bond motifs is 1. The van der Waals surface area contributed by atoms with Crippen LogP contribution in [0, 0.1) is 5.92 Å². The molecule has 0 spiro atoms. The number of halogens is 2. The van der Waals surface area contributed by atoms with Crippen LogP contribution in [-0.2, 0) is 17.8 Å². The van der Waals surface area contributed by atoms with Crippen LogP contribution in [0.2, 0.25) is 0 Å². The van der Waals surface area contributed by atoms with Crippen molar-refractivity contribution < 1.29 is 18.4 Å². The molecule has 1 saturated carbocycles. The van der Waals surface area contributed by atoms with Crippen molar-refractivity contribution in [2.75, 3.05) is 13.1 Å². The monoisotopic (exact) mass is 477 g/mol. The van der Waals surface area contributed by atoms with E-state index in [1.54, 1.807) is 11.3 Å². The Labute approximate surface area is 195 Å². The molecular weight excluding hydrogens is 448 g/mol. The highest BCUT2D eigenvalue weighted by Gasteiger charge is 2.35. The van der Waals surface area contributed by atoms with Crippen LogP contribution in [0.15, 0.2) is 17.6 Å². The van der Waals surface area contributed by atoms with Gasteiger partial charge in [0.25, 0.3) is 5.92 Å². The number of thiophene rings is 1. The van der Waals surface area contributed by atoms with Crippen molar-refractivity contribution in [2.45, 2.75) is 75.9 Å². The fraction of sp³-hybridized carbons (Fsp3) is 0.652. The molecule has 2 aromatic heterocycles. The average molecular weight is 478 g/mol. The van der Waals surface area contributed by atoms with Crippen molar-refractivity contribution in [3.05, 3.63) is 33.8 Å². The van der Waals surface area contributed by atoms with Crippen molar-refractivity contribution in [3.63, 3.8) is 0 Å². The van der Waals surface area contributed by atoms with Crippen LogP contribution < -0.4 is 5.32 Å². The summed E-state index contributed by atoms with van der Waals surface area (Å²) in [6.45, 7) is 1.28. The summed E-state index contributed by atoms with van der Waals surface area (Å²) in [5, 5.41) is 13.5. The molecule has 10 heteroatoms. The number of piperidine rings is 1. The molecule has 0 radical (unpaired) electrons. The highest BCUT2D eigenvalue weighted by Crippen LogP contribution is 2.33. The molecule has 1 unspecified atom stereocenters. The van der Waals surface area contributed by atoms with Crippen molar-refractivity contribution >= 4 is 23.0 Å². The Hall–Kier alpha value is -2.20. The second-order valence-corrected chi connectivity index (χ2v) is 10.5. The molecular formula is C23H29F2N5O2S. The van der Waals surface area contributed by atoms with Gasteiger partial charge in [-0.1, -0.05) is 5.21 Å². The van der Waals surface area contributed by atoms with Gasteiger partial charge >= 0.3 is 0 Å². The number of aromatic nitrogens is 3. The Morgan fingerprint density at radius 3 is 2.70 bits per heavy atom. The van der Waals surface area contributed by atoms with Gasteiger partial charge in [-0.15, -0.1) is 16.4 Å². The summed E-state index contributed by atoms with van der Waals surface area (Å²) in [5.74, 6) is -2.62. The third-order valence-electron chi connectivity index (χ3n) is 7.28. The lowest BCUT2D eigenvalue weighted by molar-refractivity contribution is -0.126. The van der Waals surface area contributed by atoms with Gasteiger partial charge in [0.15, 0.2) is 5.78 Å². The quantitative estimate of drug-likeness (QED) is 0.712. The van der Waals surface area contributed by atoms with Crippen LogP contribution in [-0.4, -0.2) is 56.6 Å². The van der Waals surface area contributed by atoms with Gasteiger partial charge in [-0.25, -0.2) is 13.5 Å². The summed E-state index contributed by atoms with van der Waals surface area (Å²) in [5.41, 5.74) is 1.56. The first-order valence-corrected chi connectivity index (χ1v) is 12.7. The normalized spacial score (nSPS) is 27.8.